The number of carbonyl (C=O) groups excluding carboxylic acids is 2. The maximum Gasteiger partial charge on any atom is 0.350 e. The van der Waals surface area contributed by atoms with Crippen LogP contribution in [-0.4, -0.2) is 28.5 Å². The lowest BCUT2D eigenvalue weighted by atomic mass is 10.1. The van der Waals surface area contributed by atoms with Gasteiger partial charge in [0.25, 0.3) is 0 Å². The highest BCUT2D eigenvalue weighted by atomic mass is 32.1. The van der Waals surface area contributed by atoms with Crippen molar-refractivity contribution in [3.8, 4) is 0 Å². The van der Waals surface area contributed by atoms with Gasteiger partial charge in [-0.3, -0.25) is 15.1 Å². The number of pyridine rings is 1. The van der Waals surface area contributed by atoms with E-state index >= 15 is 0 Å². The number of nitrogens with zero attached hydrogens (tertiary/aromatic N) is 2. The minimum Gasteiger partial charge on any atom is -0.462 e. The third-order valence-corrected chi connectivity index (χ3v) is 4.62. The van der Waals surface area contributed by atoms with Gasteiger partial charge in [-0.1, -0.05) is 35.6 Å². The Labute approximate surface area is 154 Å². The summed E-state index contributed by atoms with van der Waals surface area (Å²) in [6.45, 7) is 3.74. The predicted octanol–water partition coefficient (Wildman–Crippen LogP) is 3.83. The molecule has 0 aliphatic carbocycles. The Morgan fingerprint density at radius 3 is 2.88 bits per heavy atom. The van der Waals surface area contributed by atoms with E-state index in [4.69, 9.17) is 4.74 Å². The number of amides is 1. The molecule has 0 saturated carbocycles. The first kappa shape index (κ1) is 17.8. The van der Waals surface area contributed by atoms with Gasteiger partial charge in [-0.05, 0) is 26.0 Å². The van der Waals surface area contributed by atoms with E-state index in [-0.39, 0.29) is 5.91 Å². The zero-order valence-corrected chi connectivity index (χ0v) is 15.2. The topological polar surface area (TPSA) is 81.2 Å². The van der Waals surface area contributed by atoms with Crippen LogP contribution >= 0.6 is 11.3 Å². The standard InChI is InChI=1S/C19H17N3O3S/c1-3-25-18(24)17-12(2)21-19(26-17)22-15(23)10-9-14-7-4-6-13-8-5-11-20-16(13)14/h4-11H,3H2,1-2H3,(H,21,22,23)/b10-9+. The number of para-hydroxylation sites is 1. The van der Waals surface area contributed by atoms with Crippen LogP contribution in [0.1, 0.15) is 27.9 Å². The summed E-state index contributed by atoms with van der Waals surface area (Å²) in [6, 6.07) is 9.61. The van der Waals surface area contributed by atoms with Gasteiger partial charge in [0.15, 0.2) is 5.13 Å². The molecule has 26 heavy (non-hydrogen) atoms. The van der Waals surface area contributed by atoms with E-state index in [0.29, 0.717) is 22.3 Å². The fourth-order valence-corrected chi connectivity index (χ4v) is 3.27. The number of rotatable bonds is 5. The number of aromatic nitrogens is 2. The van der Waals surface area contributed by atoms with Crippen LogP contribution < -0.4 is 5.32 Å². The van der Waals surface area contributed by atoms with Crippen LogP contribution in [0.2, 0.25) is 0 Å². The molecule has 1 N–H and O–H groups in total. The van der Waals surface area contributed by atoms with E-state index in [9.17, 15) is 9.59 Å². The summed E-state index contributed by atoms with van der Waals surface area (Å²) in [6.07, 6.45) is 4.84. The second kappa shape index (κ2) is 7.88. The number of hydrogen-bond donors (Lipinski definition) is 1. The molecule has 7 heteroatoms. The fourth-order valence-electron chi connectivity index (χ4n) is 2.41. The lowest BCUT2D eigenvalue weighted by Gasteiger charge is -2.00. The first-order valence-corrected chi connectivity index (χ1v) is 8.87. The van der Waals surface area contributed by atoms with Crippen LogP contribution in [0.4, 0.5) is 5.13 Å². The van der Waals surface area contributed by atoms with E-state index < -0.39 is 5.97 Å². The minimum atomic E-state index is -0.430. The number of ether oxygens (including phenoxy) is 1. The third-order valence-electron chi connectivity index (χ3n) is 3.57. The van der Waals surface area contributed by atoms with Crippen molar-refractivity contribution >= 4 is 45.3 Å². The Bertz CT molecular complexity index is 989. The highest BCUT2D eigenvalue weighted by Gasteiger charge is 2.16. The van der Waals surface area contributed by atoms with E-state index in [2.05, 4.69) is 15.3 Å². The highest BCUT2D eigenvalue weighted by molar-refractivity contribution is 7.17. The molecule has 2 heterocycles. The maximum absolute atomic E-state index is 12.2. The van der Waals surface area contributed by atoms with E-state index in [1.165, 1.54) is 6.08 Å². The summed E-state index contributed by atoms with van der Waals surface area (Å²) in [4.78, 5) is 32.9. The van der Waals surface area contributed by atoms with Crippen LogP contribution in [0.15, 0.2) is 42.6 Å². The molecular weight excluding hydrogens is 350 g/mol. The average molecular weight is 367 g/mol. The number of anilines is 1. The van der Waals surface area contributed by atoms with E-state index in [0.717, 1.165) is 27.8 Å². The van der Waals surface area contributed by atoms with Crippen LogP contribution in [-0.2, 0) is 9.53 Å². The molecule has 2 aromatic heterocycles. The number of aryl methyl sites for hydroxylation is 1. The van der Waals surface area contributed by atoms with E-state index in [1.54, 1.807) is 26.1 Å². The maximum atomic E-state index is 12.2. The SMILES string of the molecule is CCOC(=O)c1sc(NC(=O)/C=C/c2cccc3cccnc23)nc1C. The van der Waals surface area contributed by atoms with Crippen molar-refractivity contribution < 1.29 is 14.3 Å². The van der Waals surface area contributed by atoms with Gasteiger partial charge in [0.2, 0.25) is 5.91 Å². The summed E-state index contributed by atoms with van der Waals surface area (Å²) < 4.78 is 4.97. The van der Waals surface area contributed by atoms with Gasteiger partial charge >= 0.3 is 5.97 Å². The zero-order valence-electron chi connectivity index (χ0n) is 14.4. The van der Waals surface area contributed by atoms with Gasteiger partial charge in [-0.15, -0.1) is 0 Å². The molecule has 3 rings (SSSR count). The first-order chi connectivity index (χ1) is 12.6. The number of thiazole rings is 1. The summed E-state index contributed by atoms with van der Waals surface area (Å²) in [5.74, 6) is -0.762. The molecule has 3 aromatic rings. The Morgan fingerprint density at radius 1 is 1.27 bits per heavy atom. The van der Waals surface area contributed by atoms with Crippen molar-refractivity contribution in [2.75, 3.05) is 11.9 Å². The van der Waals surface area contributed by atoms with Crippen molar-refractivity contribution in [3.63, 3.8) is 0 Å². The number of carbonyl (C=O) groups is 2. The van der Waals surface area contributed by atoms with Crippen molar-refractivity contribution in [1.29, 1.82) is 0 Å². The second-order valence-corrected chi connectivity index (χ2v) is 6.40. The van der Waals surface area contributed by atoms with Gasteiger partial charge in [0, 0.05) is 23.2 Å². The van der Waals surface area contributed by atoms with Crippen molar-refractivity contribution in [2.45, 2.75) is 13.8 Å². The molecule has 0 aliphatic heterocycles. The Hall–Kier alpha value is -3.06. The molecule has 0 spiro atoms. The van der Waals surface area contributed by atoms with Crippen molar-refractivity contribution in [3.05, 3.63) is 58.7 Å². The third kappa shape index (κ3) is 3.94. The number of esters is 1. The molecule has 6 nitrogen and oxygen atoms in total. The zero-order chi connectivity index (χ0) is 18.5. The first-order valence-electron chi connectivity index (χ1n) is 8.06. The van der Waals surface area contributed by atoms with Gasteiger partial charge < -0.3 is 4.74 Å². The van der Waals surface area contributed by atoms with Crippen LogP contribution in [0.3, 0.4) is 0 Å². The Morgan fingerprint density at radius 2 is 2.08 bits per heavy atom. The molecule has 0 radical (unpaired) electrons. The molecule has 0 saturated heterocycles. The second-order valence-electron chi connectivity index (χ2n) is 5.40. The molecule has 132 valence electrons. The normalized spacial score (nSPS) is 11.0. The molecule has 0 atom stereocenters. The lowest BCUT2D eigenvalue weighted by molar-refractivity contribution is -0.111. The molecule has 0 fully saturated rings. The summed E-state index contributed by atoms with van der Waals surface area (Å²) in [7, 11) is 0. The van der Waals surface area contributed by atoms with Gasteiger partial charge in [-0.2, -0.15) is 0 Å². The van der Waals surface area contributed by atoms with Gasteiger partial charge in [0.1, 0.15) is 4.88 Å². The number of nitrogens with one attached hydrogen (secondary N) is 1. The fraction of sp³-hybridized carbons (Fsp3) is 0.158. The number of hydrogen-bond acceptors (Lipinski definition) is 6. The van der Waals surface area contributed by atoms with Crippen molar-refractivity contribution in [1.82, 2.24) is 9.97 Å². The largest absolute Gasteiger partial charge is 0.462 e. The summed E-state index contributed by atoms with van der Waals surface area (Å²) in [5, 5.41) is 4.03. The number of benzene rings is 1. The summed E-state index contributed by atoms with van der Waals surface area (Å²) in [5.41, 5.74) is 2.21. The lowest BCUT2D eigenvalue weighted by Crippen LogP contribution is -2.07. The van der Waals surface area contributed by atoms with Gasteiger partial charge in [-0.25, -0.2) is 9.78 Å². The highest BCUT2D eigenvalue weighted by Crippen LogP contribution is 2.23. The molecule has 1 aromatic carbocycles. The Kier molecular flexibility index (Phi) is 5.38. The predicted molar refractivity (Wildman–Crippen MR) is 102 cm³/mol. The molecule has 0 unspecified atom stereocenters. The van der Waals surface area contributed by atoms with Gasteiger partial charge in [0.05, 0.1) is 17.8 Å². The minimum absolute atomic E-state index is 0.291. The smallest absolute Gasteiger partial charge is 0.350 e. The monoisotopic (exact) mass is 367 g/mol. The molecule has 0 aliphatic rings. The average Bonchev–Trinajstić information content (AvgIpc) is 3.00. The Balaban J connectivity index is 1.74. The van der Waals surface area contributed by atoms with Crippen LogP contribution in [0.25, 0.3) is 17.0 Å². The van der Waals surface area contributed by atoms with Crippen molar-refractivity contribution in [2.24, 2.45) is 0 Å². The quantitative estimate of drug-likeness (QED) is 0.547. The number of fused-ring (bicyclic) bond motifs is 1. The molecule has 0 bridgehead atoms. The van der Waals surface area contributed by atoms with E-state index in [1.807, 2.05) is 30.3 Å². The molecule has 1 amide bonds. The molecular formula is C19H17N3O3S. The summed E-state index contributed by atoms with van der Waals surface area (Å²) >= 11 is 1.10. The van der Waals surface area contributed by atoms with Crippen LogP contribution in [0, 0.1) is 6.92 Å². The van der Waals surface area contributed by atoms with Crippen LogP contribution in [0.5, 0.6) is 0 Å².